The SMILES string of the molecule is O=C(N/N=C\C=C/c1ccccc1)c1ccccn1. The van der Waals surface area contributed by atoms with Gasteiger partial charge in [-0.25, -0.2) is 5.43 Å². The molecular weight excluding hydrogens is 238 g/mol. The van der Waals surface area contributed by atoms with E-state index in [1.54, 1.807) is 30.5 Å². The van der Waals surface area contributed by atoms with Crippen LogP contribution in [0.1, 0.15) is 16.1 Å². The fraction of sp³-hybridized carbons (Fsp3) is 0. The smallest absolute Gasteiger partial charge is 0.266 e. The van der Waals surface area contributed by atoms with Crippen LogP contribution in [0.4, 0.5) is 0 Å². The maximum atomic E-state index is 11.6. The molecule has 0 spiro atoms. The first-order valence-corrected chi connectivity index (χ1v) is 5.82. The van der Waals surface area contributed by atoms with Gasteiger partial charge in [-0.05, 0) is 23.8 Å². The number of allylic oxidation sites excluding steroid dienone is 1. The van der Waals surface area contributed by atoms with Crippen LogP contribution >= 0.6 is 0 Å². The maximum absolute atomic E-state index is 11.6. The summed E-state index contributed by atoms with van der Waals surface area (Å²) in [6.07, 6.45) is 6.74. The fourth-order valence-corrected chi connectivity index (χ4v) is 1.41. The zero-order chi connectivity index (χ0) is 13.3. The van der Waals surface area contributed by atoms with Gasteiger partial charge in [0.15, 0.2) is 0 Å². The second-order valence-corrected chi connectivity index (χ2v) is 3.70. The molecule has 4 heteroatoms. The lowest BCUT2D eigenvalue weighted by Gasteiger charge is -1.96. The molecule has 0 saturated carbocycles. The van der Waals surface area contributed by atoms with Crippen LogP contribution in [0.25, 0.3) is 6.08 Å². The zero-order valence-corrected chi connectivity index (χ0v) is 10.2. The Morgan fingerprint density at radius 3 is 2.63 bits per heavy atom. The number of hydrazone groups is 1. The molecule has 0 radical (unpaired) electrons. The minimum atomic E-state index is -0.329. The van der Waals surface area contributed by atoms with Gasteiger partial charge in [-0.1, -0.05) is 42.5 Å². The first-order chi connectivity index (χ1) is 9.36. The summed E-state index contributed by atoms with van der Waals surface area (Å²) in [5.41, 5.74) is 3.82. The van der Waals surface area contributed by atoms with Crippen molar-refractivity contribution in [2.75, 3.05) is 0 Å². The molecule has 4 nitrogen and oxygen atoms in total. The number of hydrogen-bond donors (Lipinski definition) is 1. The van der Waals surface area contributed by atoms with Crippen LogP contribution in [-0.4, -0.2) is 17.1 Å². The van der Waals surface area contributed by atoms with Gasteiger partial charge >= 0.3 is 0 Å². The Hall–Kier alpha value is -2.75. The first-order valence-electron chi connectivity index (χ1n) is 5.82. The Kier molecular flexibility index (Phi) is 4.58. The average molecular weight is 251 g/mol. The number of carbonyl (C=O) groups is 1. The molecule has 1 heterocycles. The van der Waals surface area contributed by atoms with Crippen molar-refractivity contribution in [3.05, 3.63) is 72.1 Å². The summed E-state index contributed by atoms with van der Waals surface area (Å²) in [5.74, 6) is -0.329. The summed E-state index contributed by atoms with van der Waals surface area (Å²) in [6.45, 7) is 0. The Morgan fingerprint density at radius 2 is 1.89 bits per heavy atom. The molecule has 1 N–H and O–H groups in total. The molecule has 0 aliphatic heterocycles. The summed E-state index contributed by atoms with van der Waals surface area (Å²) in [6, 6.07) is 15.0. The number of rotatable bonds is 4. The molecule has 1 aromatic carbocycles. The number of carbonyl (C=O) groups excluding carboxylic acids is 1. The van der Waals surface area contributed by atoms with E-state index in [0.29, 0.717) is 5.69 Å². The van der Waals surface area contributed by atoms with Crippen LogP contribution in [0.2, 0.25) is 0 Å². The quantitative estimate of drug-likeness (QED) is 0.670. The standard InChI is InChI=1S/C15H13N3O/c19-15(14-10-4-5-11-16-14)18-17-12-6-9-13-7-2-1-3-8-13/h1-12H,(H,18,19)/b9-6-,17-12-. The number of benzene rings is 1. The van der Waals surface area contributed by atoms with Crippen molar-refractivity contribution < 1.29 is 4.79 Å². The molecule has 2 aromatic rings. The topological polar surface area (TPSA) is 54.4 Å². The third kappa shape index (κ3) is 4.20. The summed E-state index contributed by atoms with van der Waals surface area (Å²) < 4.78 is 0. The zero-order valence-electron chi connectivity index (χ0n) is 10.2. The van der Waals surface area contributed by atoms with Crippen LogP contribution < -0.4 is 5.43 Å². The molecule has 94 valence electrons. The molecule has 0 aliphatic rings. The number of nitrogens with one attached hydrogen (secondary N) is 1. The van der Waals surface area contributed by atoms with E-state index in [2.05, 4.69) is 15.5 Å². The summed E-state index contributed by atoms with van der Waals surface area (Å²) >= 11 is 0. The first kappa shape index (κ1) is 12.7. The monoisotopic (exact) mass is 251 g/mol. The predicted molar refractivity (Wildman–Crippen MR) is 75.7 cm³/mol. The van der Waals surface area contributed by atoms with Crippen molar-refractivity contribution in [2.24, 2.45) is 5.10 Å². The lowest BCUT2D eigenvalue weighted by Crippen LogP contribution is -2.18. The Balaban J connectivity index is 1.84. The fourth-order valence-electron chi connectivity index (χ4n) is 1.41. The minimum Gasteiger partial charge on any atom is -0.266 e. The molecular formula is C15H13N3O. The van der Waals surface area contributed by atoms with Crippen molar-refractivity contribution in [3.8, 4) is 0 Å². The van der Waals surface area contributed by atoms with Gasteiger partial charge in [0.1, 0.15) is 5.69 Å². The van der Waals surface area contributed by atoms with Crippen molar-refractivity contribution in [1.29, 1.82) is 0 Å². The Labute approximate surface area is 111 Å². The van der Waals surface area contributed by atoms with E-state index in [4.69, 9.17) is 0 Å². The average Bonchev–Trinajstić information content (AvgIpc) is 2.49. The van der Waals surface area contributed by atoms with E-state index in [9.17, 15) is 4.79 Å². The van der Waals surface area contributed by atoms with Gasteiger partial charge in [-0.3, -0.25) is 9.78 Å². The molecule has 0 atom stereocenters. The maximum Gasteiger partial charge on any atom is 0.289 e. The highest BCUT2D eigenvalue weighted by atomic mass is 16.2. The van der Waals surface area contributed by atoms with Crippen LogP contribution in [0.3, 0.4) is 0 Å². The van der Waals surface area contributed by atoms with E-state index >= 15 is 0 Å². The largest absolute Gasteiger partial charge is 0.289 e. The van der Waals surface area contributed by atoms with Crippen molar-refractivity contribution in [1.82, 2.24) is 10.4 Å². The number of nitrogens with zero attached hydrogens (tertiary/aromatic N) is 2. The second-order valence-electron chi connectivity index (χ2n) is 3.70. The lowest BCUT2D eigenvalue weighted by atomic mass is 10.2. The van der Waals surface area contributed by atoms with E-state index in [1.165, 1.54) is 6.21 Å². The molecule has 2 rings (SSSR count). The minimum absolute atomic E-state index is 0.329. The third-order valence-electron chi connectivity index (χ3n) is 2.31. The summed E-state index contributed by atoms with van der Waals surface area (Å²) in [4.78, 5) is 15.5. The second kappa shape index (κ2) is 6.86. The van der Waals surface area contributed by atoms with Gasteiger partial charge in [-0.2, -0.15) is 5.10 Å². The van der Waals surface area contributed by atoms with Gasteiger partial charge < -0.3 is 0 Å². The predicted octanol–water partition coefficient (Wildman–Crippen LogP) is 2.51. The third-order valence-corrected chi connectivity index (χ3v) is 2.31. The number of aromatic nitrogens is 1. The summed E-state index contributed by atoms with van der Waals surface area (Å²) in [5, 5.41) is 3.81. The van der Waals surface area contributed by atoms with Crippen molar-refractivity contribution in [2.45, 2.75) is 0 Å². The van der Waals surface area contributed by atoms with E-state index < -0.39 is 0 Å². The number of pyridine rings is 1. The van der Waals surface area contributed by atoms with Crippen LogP contribution in [0.15, 0.2) is 65.9 Å². The highest BCUT2D eigenvalue weighted by molar-refractivity contribution is 5.92. The molecule has 0 unspecified atom stereocenters. The molecule has 0 aliphatic carbocycles. The Bertz CT molecular complexity index is 577. The van der Waals surface area contributed by atoms with Crippen molar-refractivity contribution in [3.63, 3.8) is 0 Å². The van der Waals surface area contributed by atoms with Gasteiger partial charge in [0, 0.05) is 12.4 Å². The van der Waals surface area contributed by atoms with Crippen LogP contribution in [0.5, 0.6) is 0 Å². The van der Waals surface area contributed by atoms with E-state index in [0.717, 1.165) is 5.56 Å². The van der Waals surface area contributed by atoms with Gasteiger partial charge in [0.2, 0.25) is 0 Å². The molecule has 1 aromatic heterocycles. The molecule has 19 heavy (non-hydrogen) atoms. The molecule has 0 saturated heterocycles. The number of amides is 1. The molecule has 1 amide bonds. The molecule has 0 bridgehead atoms. The van der Waals surface area contributed by atoms with Gasteiger partial charge in [-0.15, -0.1) is 0 Å². The molecule has 0 fully saturated rings. The van der Waals surface area contributed by atoms with Gasteiger partial charge in [0.25, 0.3) is 5.91 Å². The normalized spacial score (nSPS) is 10.9. The highest BCUT2D eigenvalue weighted by Crippen LogP contribution is 1.99. The lowest BCUT2D eigenvalue weighted by molar-refractivity contribution is 0.0950. The van der Waals surface area contributed by atoms with E-state index in [1.807, 2.05) is 36.4 Å². The van der Waals surface area contributed by atoms with Crippen LogP contribution in [0, 0.1) is 0 Å². The van der Waals surface area contributed by atoms with Crippen LogP contribution in [-0.2, 0) is 0 Å². The Morgan fingerprint density at radius 1 is 1.11 bits per heavy atom. The van der Waals surface area contributed by atoms with Crippen molar-refractivity contribution >= 4 is 18.2 Å². The highest BCUT2D eigenvalue weighted by Gasteiger charge is 2.02. The number of hydrogen-bond acceptors (Lipinski definition) is 3. The summed E-state index contributed by atoms with van der Waals surface area (Å²) in [7, 11) is 0. The van der Waals surface area contributed by atoms with E-state index in [-0.39, 0.29) is 5.91 Å². The van der Waals surface area contributed by atoms with Gasteiger partial charge in [0.05, 0.1) is 0 Å².